The maximum absolute atomic E-state index is 13.7. The molecule has 0 heterocycles. The molecule has 0 saturated heterocycles. The van der Waals surface area contributed by atoms with Crippen LogP contribution in [0.15, 0.2) is 36.4 Å². The molecule has 2 rings (SSSR count). The Labute approximate surface area is 131 Å². The van der Waals surface area contributed by atoms with Crippen molar-refractivity contribution in [2.75, 3.05) is 0 Å². The molecule has 0 radical (unpaired) electrons. The van der Waals surface area contributed by atoms with Crippen molar-refractivity contribution in [3.8, 4) is 0 Å². The Morgan fingerprint density at radius 1 is 0.950 bits per heavy atom. The molecule has 0 N–H and O–H groups in total. The van der Waals surface area contributed by atoms with Gasteiger partial charge in [-0.2, -0.15) is 0 Å². The van der Waals surface area contributed by atoms with Crippen molar-refractivity contribution < 1.29 is 9.18 Å². The van der Waals surface area contributed by atoms with E-state index in [2.05, 4.69) is 0 Å². The summed E-state index contributed by atoms with van der Waals surface area (Å²) in [6.07, 6.45) is 0.162. The van der Waals surface area contributed by atoms with Gasteiger partial charge in [-0.3, -0.25) is 4.79 Å². The van der Waals surface area contributed by atoms with E-state index in [1.807, 2.05) is 0 Å². The maximum atomic E-state index is 13.7. The monoisotopic (exact) mass is 330 g/mol. The van der Waals surface area contributed by atoms with Crippen molar-refractivity contribution in [1.29, 1.82) is 0 Å². The third-order valence-electron chi connectivity index (χ3n) is 2.80. The van der Waals surface area contributed by atoms with Crippen molar-refractivity contribution in [3.63, 3.8) is 0 Å². The molecule has 1 nitrogen and oxygen atoms in total. The SMILES string of the molecule is O=C(Cc1ccc(Cl)c(Cl)c1)Cc1cccc(Cl)c1F. The highest BCUT2D eigenvalue weighted by molar-refractivity contribution is 6.42. The minimum Gasteiger partial charge on any atom is -0.299 e. The van der Waals surface area contributed by atoms with Crippen LogP contribution in [0.2, 0.25) is 15.1 Å². The summed E-state index contributed by atoms with van der Waals surface area (Å²) in [7, 11) is 0. The molecule has 0 fully saturated rings. The summed E-state index contributed by atoms with van der Waals surface area (Å²) in [6.45, 7) is 0. The second-order valence-corrected chi connectivity index (χ2v) is 5.58. The summed E-state index contributed by atoms with van der Waals surface area (Å²) in [5, 5.41) is 0.847. The van der Waals surface area contributed by atoms with Gasteiger partial charge in [-0.05, 0) is 29.3 Å². The average molecular weight is 332 g/mol. The van der Waals surface area contributed by atoms with Crippen LogP contribution in [0.5, 0.6) is 0 Å². The molecule has 0 aromatic heterocycles. The van der Waals surface area contributed by atoms with E-state index in [0.29, 0.717) is 15.6 Å². The molecule has 2 aromatic carbocycles. The Morgan fingerprint density at radius 3 is 2.40 bits per heavy atom. The van der Waals surface area contributed by atoms with Gasteiger partial charge < -0.3 is 0 Å². The first-order valence-corrected chi connectivity index (χ1v) is 6.99. The minimum absolute atomic E-state index is 0.00730. The topological polar surface area (TPSA) is 17.1 Å². The first-order chi connectivity index (χ1) is 9.47. The summed E-state index contributed by atoms with van der Waals surface area (Å²) in [6, 6.07) is 9.61. The van der Waals surface area contributed by atoms with Crippen LogP contribution in [0, 0.1) is 5.82 Å². The number of carbonyl (C=O) groups is 1. The molecule has 0 amide bonds. The average Bonchev–Trinajstić information content (AvgIpc) is 2.39. The van der Waals surface area contributed by atoms with E-state index in [-0.39, 0.29) is 23.6 Å². The number of Topliss-reactive ketones (excluding diaryl/α,β-unsaturated/α-hetero) is 1. The van der Waals surface area contributed by atoms with Gasteiger partial charge in [0, 0.05) is 12.8 Å². The number of carbonyl (C=O) groups excluding carboxylic acids is 1. The van der Waals surface area contributed by atoms with Crippen LogP contribution in [-0.2, 0) is 17.6 Å². The van der Waals surface area contributed by atoms with E-state index in [9.17, 15) is 9.18 Å². The molecule has 2 aromatic rings. The third kappa shape index (κ3) is 3.72. The fraction of sp³-hybridized carbons (Fsp3) is 0.133. The molecule has 0 bridgehead atoms. The molecule has 0 atom stereocenters. The number of halogens is 4. The van der Waals surface area contributed by atoms with Crippen LogP contribution in [0.25, 0.3) is 0 Å². The third-order valence-corrected chi connectivity index (χ3v) is 3.84. The van der Waals surface area contributed by atoms with E-state index in [1.165, 1.54) is 6.07 Å². The van der Waals surface area contributed by atoms with Gasteiger partial charge in [-0.15, -0.1) is 0 Å². The van der Waals surface area contributed by atoms with Crippen LogP contribution in [0.1, 0.15) is 11.1 Å². The first kappa shape index (κ1) is 15.3. The molecule has 0 aliphatic rings. The first-order valence-electron chi connectivity index (χ1n) is 5.86. The Bertz CT molecular complexity index is 656. The Hall–Kier alpha value is -1.09. The van der Waals surface area contributed by atoms with Gasteiger partial charge in [0.25, 0.3) is 0 Å². The summed E-state index contributed by atoms with van der Waals surface area (Å²) >= 11 is 17.4. The molecule has 0 spiro atoms. The Morgan fingerprint density at radius 2 is 1.70 bits per heavy atom. The van der Waals surface area contributed by atoms with Gasteiger partial charge in [-0.25, -0.2) is 4.39 Å². The summed E-state index contributed by atoms with van der Waals surface area (Å²) in [4.78, 5) is 12.0. The van der Waals surface area contributed by atoms with Crippen LogP contribution >= 0.6 is 34.8 Å². The summed E-state index contributed by atoms with van der Waals surface area (Å²) < 4.78 is 13.7. The lowest BCUT2D eigenvalue weighted by atomic mass is 10.0. The molecule has 0 aliphatic heterocycles. The van der Waals surface area contributed by atoms with Gasteiger partial charge in [0.1, 0.15) is 11.6 Å². The lowest BCUT2D eigenvalue weighted by Gasteiger charge is -2.05. The van der Waals surface area contributed by atoms with E-state index in [4.69, 9.17) is 34.8 Å². The van der Waals surface area contributed by atoms with Crippen LogP contribution in [-0.4, -0.2) is 5.78 Å². The number of hydrogen-bond acceptors (Lipinski definition) is 1. The van der Waals surface area contributed by atoms with E-state index in [1.54, 1.807) is 30.3 Å². The van der Waals surface area contributed by atoms with Gasteiger partial charge in [0.2, 0.25) is 0 Å². The van der Waals surface area contributed by atoms with Gasteiger partial charge in [-0.1, -0.05) is 53.0 Å². The molecule has 104 valence electrons. The quantitative estimate of drug-likeness (QED) is 0.758. The predicted molar refractivity (Wildman–Crippen MR) is 80.3 cm³/mol. The van der Waals surface area contributed by atoms with Crippen molar-refractivity contribution in [3.05, 3.63) is 68.4 Å². The molecule has 0 aliphatic carbocycles. The van der Waals surface area contributed by atoms with Crippen molar-refractivity contribution in [1.82, 2.24) is 0 Å². The largest absolute Gasteiger partial charge is 0.299 e. The molecule has 0 saturated carbocycles. The van der Waals surface area contributed by atoms with E-state index < -0.39 is 5.82 Å². The molecular weight excluding hydrogens is 322 g/mol. The highest BCUT2D eigenvalue weighted by Crippen LogP contribution is 2.23. The lowest BCUT2D eigenvalue weighted by molar-refractivity contribution is -0.117. The molecule has 5 heteroatoms. The standard InChI is InChI=1S/C15H10Cl3FO/c16-12-5-4-9(7-14(12)18)6-11(20)8-10-2-1-3-13(17)15(10)19/h1-5,7H,6,8H2. The van der Waals surface area contributed by atoms with E-state index in [0.717, 1.165) is 5.56 Å². The normalized spacial score (nSPS) is 10.6. The smallest absolute Gasteiger partial charge is 0.145 e. The van der Waals surface area contributed by atoms with Gasteiger partial charge >= 0.3 is 0 Å². The highest BCUT2D eigenvalue weighted by Gasteiger charge is 2.12. The number of rotatable bonds is 4. The second kappa shape index (κ2) is 6.57. The van der Waals surface area contributed by atoms with Crippen molar-refractivity contribution in [2.45, 2.75) is 12.8 Å². The summed E-state index contributed by atoms with van der Waals surface area (Å²) in [5.74, 6) is -0.666. The Kier molecular flexibility index (Phi) is 5.03. The molecule has 0 unspecified atom stereocenters. The molecular formula is C15H10Cl3FO. The zero-order valence-electron chi connectivity index (χ0n) is 10.3. The zero-order chi connectivity index (χ0) is 14.7. The highest BCUT2D eigenvalue weighted by atomic mass is 35.5. The van der Waals surface area contributed by atoms with Crippen LogP contribution in [0.3, 0.4) is 0 Å². The van der Waals surface area contributed by atoms with Crippen molar-refractivity contribution in [2.24, 2.45) is 0 Å². The van der Waals surface area contributed by atoms with Crippen LogP contribution in [0.4, 0.5) is 4.39 Å². The fourth-order valence-electron chi connectivity index (χ4n) is 1.84. The van der Waals surface area contributed by atoms with Crippen LogP contribution < -0.4 is 0 Å². The van der Waals surface area contributed by atoms with Gasteiger partial charge in [0.05, 0.1) is 15.1 Å². The Balaban J connectivity index is 2.09. The number of hydrogen-bond donors (Lipinski definition) is 0. The second-order valence-electron chi connectivity index (χ2n) is 4.35. The predicted octanol–water partition coefficient (Wildman–Crippen LogP) is 5.14. The maximum Gasteiger partial charge on any atom is 0.145 e. The molecule has 20 heavy (non-hydrogen) atoms. The fourth-order valence-corrected chi connectivity index (χ4v) is 2.35. The zero-order valence-corrected chi connectivity index (χ0v) is 12.6. The number of benzene rings is 2. The van der Waals surface area contributed by atoms with Crippen molar-refractivity contribution >= 4 is 40.6 Å². The minimum atomic E-state index is -0.545. The lowest BCUT2D eigenvalue weighted by Crippen LogP contribution is -2.08. The summed E-state index contributed by atoms with van der Waals surface area (Å²) in [5.41, 5.74) is 1.04. The number of ketones is 1. The van der Waals surface area contributed by atoms with Gasteiger partial charge in [0.15, 0.2) is 0 Å². The van der Waals surface area contributed by atoms with E-state index >= 15 is 0 Å².